The highest BCUT2D eigenvalue weighted by molar-refractivity contribution is 7.10. The second-order valence-electron chi connectivity index (χ2n) is 9.02. The van der Waals surface area contributed by atoms with Crippen molar-refractivity contribution in [3.05, 3.63) is 34.8 Å². The van der Waals surface area contributed by atoms with E-state index in [-0.39, 0.29) is 23.0 Å². The van der Waals surface area contributed by atoms with Crippen molar-refractivity contribution in [1.29, 1.82) is 5.26 Å². The van der Waals surface area contributed by atoms with Crippen molar-refractivity contribution in [3.63, 3.8) is 0 Å². The predicted octanol–water partition coefficient (Wildman–Crippen LogP) is 5.37. The van der Waals surface area contributed by atoms with Gasteiger partial charge in [-0.3, -0.25) is 0 Å². The summed E-state index contributed by atoms with van der Waals surface area (Å²) in [6.07, 6.45) is 5.07. The molecule has 2 heterocycles. The summed E-state index contributed by atoms with van der Waals surface area (Å²) in [4.78, 5) is 10.4. The lowest BCUT2D eigenvalue weighted by atomic mass is 9.70. The molecule has 7 nitrogen and oxygen atoms in total. The highest BCUT2D eigenvalue weighted by Gasteiger charge is 2.39. The van der Waals surface area contributed by atoms with Crippen LogP contribution in [0.2, 0.25) is 0 Å². The maximum Gasteiger partial charge on any atom is 0.194 e. The third kappa shape index (κ3) is 4.81. The number of aromatic hydroxyl groups is 1. The van der Waals surface area contributed by atoms with Gasteiger partial charge < -0.3 is 10.0 Å². The molecular weight excluding hydrogens is 439 g/mol. The van der Waals surface area contributed by atoms with Crippen molar-refractivity contribution in [1.82, 2.24) is 20.2 Å². The number of phenols is 1. The fourth-order valence-corrected chi connectivity index (χ4v) is 5.30. The fraction of sp³-hybridized carbons (Fsp3) is 0.458. The van der Waals surface area contributed by atoms with Crippen LogP contribution >= 0.6 is 11.3 Å². The van der Waals surface area contributed by atoms with Crippen LogP contribution < -0.4 is 4.90 Å². The van der Waals surface area contributed by atoms with Crippen molar-refractivity contribution in [3.8, 4) is 34.5 Å². The molecule has 0 aliphatic heterocycles. The molecule has 1 aliphatic rings. The Morgan fingerprint density at radius 2 is 2.18 bits per heavy atom. The first-order valence-electron chi connectivity index (χ1n) is 11.1. The lowest BCUT2D eigenvalue weighted by Crippen LogP contribution is -2.47. The number of halogens is 1. The Kier molecular flexibility index (Phi) is 6.56. The van der Waals surface area contributed by atoms with Crippen LogP contribution in [0, 0.1) is 16.7 Å². The van der Waals surface area contributed by atoms with Gasteiger partial charge in [0.05, 0.1) is 23.5 Å². The van der Waals surface area contributed by atoms with Crippen LogP contribution in [-0.4, -0.2) is 44.5 Å². The average molecular weight is 467 g/mol. The quantitative estimate of drug-likeness (QED) is 0.521. The average Bonchev–Trinajstić information content (AvgIpc) is 3.30. The summed E-state index contributed by atoms with van der Waals surface area (Å²) < 4.78 is 14.8. The Labute approximate surface area is 197 Å². The minimum Gasteiger partial charge on any atom is -0.507 e. The van der Waals surface area contributed by atoms with Gasteiger partial charge in [-0.15, -0.1) is 21.5 Å². The summed E-state index contributed by atoms with van der Waals surface area (Å²) in [5.41, 5.74) is 1.89. The van der Waals surface area contributed by atoms with E-state index in [0.717, 1.165) is 25.7 Å². The lowest BCUT2D eigenvalue weighted by molar-refractivity contribution is 0.102. The summed E-state index contributed by atoms with van der Waals surface area (Å²) >= 11 is 1.25. The Balaban J connectivity index is 1.52. The van der Waals surface area contributed by atoms with Gasteiger partial charge in [0.2, 0.25) is 0 Å². The molecule has 2 aromatic heterocycles. The molecule has 9 heteroatoms. The van der Waals surface area contributed by atoms with Crippen LogP contribution in [0.1, 0.15) is 51.0 Å². The number of hydrogen-bond acceptors (Lipinski definition) is 8. The van der Waals surface area contributed by atoms with Gasteiger partial charge in [-0.1, -0.05) is 26.3 Å². The number of phenolic OH excluding ortho intramolecular Hbond substituents is 1. The number of rotatable bonds is 6. The van der Waals surface area contributed by atoms with Gasteiger partial charge in [0.15, 0.2) is 16.6 Å². The van der Waals surface area contributed by atoms with E-state index in [1.165, 1.54) is 11.3 Å². The van der Waals surface area contributed by atoms with Crippen LogP contribution in [-0.2, 0) is 0 Å². The molecule has 4 rings (SSSR count). The first-order chi connectivity index (χ1) is 15.8. The normalized spacial score (nSPS) is 22.6. The smallest absolute Gasteiger partial charge is 0.194 e. The topological polar surface area (TPSA) is 98.8 Å². The molecule has 1 aromatic carbocycles. The number of thiazole rings is 1. The SMILES string of the molecule is CCC[C@]1(C)CC[C@H](F)[C@H](N(C)c2cnc(-c3ccc(-c4csc(C#N)n4)cc3O)nn2)C1. The van der Waals surface area contributed by atoms with Gasteiger partial charge >= 0.3 is 0 Å². The standard InChI is InChI=1S/C24H27FN6OS/c1-4-8-24(2)9-7-17(25)19(11-24)31(3)21-13-27-23(30-29-21)16-6-5-15(10-20(16)32)18-14-33-22(12-26)28-18/h5-6,10,13-14,17,19,32H,4,7-9,11H2,1-3H3/t17-,19+,24+/m0/s1. The molecule has 0 spiro atoms. The maximum absolute atomic E-state index is 14.8. The Morgan fingerprint density at radius 1 is 1.36 bits per heavy atom. The van der Waals surface area contributed by atoms with Crippen LogP contribution in [0.15, 0.2) is 29.8 Å². The van der Waals surface area contributed by atoms with Crippen molar-refractivity contribution >= 4 is 17.2 Å². The second-order valence-corrected chi connectivity index (χ2v) is 9.88. The summed E-state index contributed by atoms with van der Waals surface area (Å²) in [6, 6.07) is 6.81. The minimum absolute atomic E-state index is 0.00616. The molecule has 172 valence electrons. The van der Waals surface area contributed by atoms with Crippen LogP contribution in [0.3, 0.4) is 0 Å². The molecular formula is C24H27FN6OS. The second kappa shape index (κ2) is 9.40. The van der Waals surface area contributed by atoms with E-state index in [4.69, 9.17) is 5.26 Å². The molecule has 0 amide bonds. The molecule has 1 N–H and O–H groups in total. The van der Waals surface area contributed by atoms with Crippen molar-refractivity contribution in [2.75, 3.05) is 11.9 Å². The van der Waals surface area contributed by atoms with Gasteiger partial charge in [-0.2, -0.15) is 5.26 Å². The number of aromatic nitrogens is 4. The maximum atomic E-state index is 14.8. The van der Waals surface area contributed by atoms with Gasteiger partial charge in [0.1, 0.15) is 18.0 Å². The number of hydrogen-bond donors (Lipinski definition) is 1. The monoisotopic (exact) mass is 466 g/mol. The van der Waals surface area contributed by atoms with Crippen molar-refractivity contribution < 1.29 is 9.50 Å². The van der Waals surface area contributed by atoms with E-state index >= 15 is 0 Å². The lowest BCUT2D eigenvalue weighted by Gasteiger charge is -2.43. The van der Waals surface area contributed by atoms with E-state index in [2.05, 4.69) is 34.0 Å². The van der Waals surface area contributed by atoms with E-state index in [9.17, 15) is 9.50 Å². The molecule has 0 saturated heterocycles. The fourth-order valence-electron chi connectivity index (χ4n) is 4.69. The Hall–Kier alpha value is -3.12. The summed E-state index contributed by atoms with van der Waals surface area (Å²) in [5.74, 6) is 0.784. The summed E-state index contributed by atoms with van der Waals surface area (Å²) in [7, 11) is 1.84. The van der Waals surface area contributed by atoms with Gasteiger partial charge in [0.25, 0.3) is 0 Å². The summed E-state index contributed by atoms with van der Waals surface area (Å²) in [6.45, 7) is 4.41. The van der Waals surface area contributed by atoms with Gasteiger partial charge in [0, 0.05) is 18.0 Å². The molecule has 33 heavy (non-hydrogen) atoms. The molecule has 1 saturated carbocycles. The van der Waals surface area contributed by atoms with E-state index < -0.39 is 6.17 Å². The zero-order chi connectivity index (χ0) is 23.6. The van der Waals surface area contributed by atoms with E-state index in [1.807, 2.05) is 18.0 Å². The third-order valence-corrected chi connectivity index (χ3v) is 7.29. The zero-order valence-corrected chi connectivity index (χ0v) is 19.8. The van der Waals surface area contributed by atoms with Gasteiger partial charge in [-0.05, 0) is 43.2 Å². The summed E-state index contributed by atoms with van der Waals surface area (Å²) in [5, 5.41) is 30.1. The molecule has 0 bridgehead atoms. The number of nitrogens with zero attached hydrogens (tertiary/aromatic N) is 6. The molecule has 0 unspecified atom stereocenters. The highest BCUT2D eigenvalue weighted by atomic mass is 32.1. The Morgan fingerprint density at radius 3 is 2.82 bits per heavy atom. The largest absolute Gasteiger partial charge is 0.507 e. The Bertz CT molecular complexity index is 1160. The molecule has 1 aliphatic carbocycles. The van der Waals surface area contributed by atoms with Gasteiger partial charge in [-0.25, -0.2) is 14.4 Å². The number of anilines is 1. The molecule has 3 aromatic rings. The van der Waals surface area contributed by atoms with Crippen LogP contribution in [0.5, 0.6) is 5.75 Å². The number of nitriles is 1. The first-order valence-corrected chi connectivity index (χ1v) is 12.0. The van der Waals surface area contributed by atoms with Crippen LogP contribution in [0.4, 0.5) is 10.2 Å². The first kappa shape index (κ1) is 23.1. The van der Waals surface area contributed by atoms with E-state index in [0.29, 0.717) is 34.1 Å². The van der Waals surface area contributed by atoms with E-state index in [1.54, 1.807) is 29.8 Å². The zero-order valence-electron chi connectivity index (χ0n) is 19.0. The molecule has 1 fully saturated rings. The number of alkyl halides is 1. The highest BCUT2D eigenvalue weighted by Crippen LogP contribution is 2.43. The number of benzene rings is 1. The molecule has 3 atom stereocenters. The van der Waals surface area contributed by atoms with Crippen molar-refractivity contribution in [2.24, 2.45) is 5.41 Å². The third-order valence-electron chi connectivity index (χ3n) is 6.54. The molecule has 0 radical (unpaired) electrons. The minimum atomic E-state index is -0.912. The van der Waals surface area contributed by atoms with Crippen molar-refractivity contribution in [2.45, 2.75) is 58.2 Å². The predicted molar refractivity (Wildman–Crippen MR) is 127 cm³/mol. The van der Waals surface area contributed by atoms with Crippen LogP contribution in [0.25, 0.3) is 22.6 Å².